The van der Waals surface area contributed by atoms with Crippen molar-refractivity contribution in [2.24, 2.45) is 0 Å². The Morgan fingerprint density at radius 2 is 2.07 bits per heavy atom. The highest BCUT2D eigenvalue weighted by atomic mass is 127. The first-order chi connectivity index (χ1) is 13.8. The number of nitrogens with two attached hydrogens (primary N) is 1. The SMILES string of the molecule is C=CCCS(=O)(=O)N1CCN(c2ccc(I)c(NC(=O)c3coc(N)n3)c2)CC1. The van der Waals surface area contributed by atoms with Crippen LogP contribution in [0.15, 0.2) is 41.5 Å². The van der Waals surface area contributed by atoms with E-state index in [4.69, 9.17) is 10.2 Å². The lowest BCUT2D eigenvalue weighted by Crippen LogP contribution is -2.49. The molecule has 1 aliphatic rings. The van der Waals surface area contributed by atoms with Gasteiger partial charge in [0.25, 0.3) is 11.9 Å². The van der Waals surface area contributed by atoms with Crippen LogP contribution in [0.2, 0.25) is 0 Å². The molecule has 0 saturated carbocycles. The third-order valence-corrected chi connectivity index (χ3v) is 7.37. The van der Waals surface area contributed by atoms with Crippen LogP contribution in [-0.4, -0.2) is 55.5 Å². The smallest absolute Gasteiger partial charge is 0.292 e. The Morgan fingerprint density at radius 3 is 2.69 bits per heavy atom. The van der Waals surface area contributed by atoms with Crippen LogP contribution < -0.4 is 16.0 Å². The minimum Gasteiger partial charge on any atom is -0.431 e. The van der Waals surface area contributed by atoms with Gasteiger partial charge < -0.3 is 20.4 Å². The number of sulfonamides is 1. The van der Waals surface area contributed by atoms with Crippen molar-refractivity contribution in [3.63, 3.8) is 0 Å². The summed E-state index contributed by atoms with van der Waals surface area (Å²) in [5, 5.41) is 2.81. The van der Waals surface area contributed by atoms with Gasteiger partial charge in [0, 0.05) is 35.4 Å². The molecule has 11 heteroatoms. The maximum atomic E-state index is 12.3. The molecule has 0 unspecified atom stereocenters. The van der Waals surface area contributed by atoms with Crippen LogP contribution in [0.1, 0.15) is 16.9 Å². The van der Waals surface area contributed by atoms with E-state index >= 15 is 0 Å². The molecule has 1 fully saturated rings. The van der Waals surface area contributed by atoms with E-state index in [0.717, 1.165) is 9.26 Å². The molecule has 0 aliphatic carbocycles. The van der Waals surface area contributed by atoms with Crippen LogP contribution in [-0.2, 0) is 10.0 Å². The average Bonchev–Trinajstić information content (AvgIpc) is 3.15. The lowest BCUT2D eigenvalue weighted by molar-refractivity contribution is 0.102. The van der Waals surface area contributed by atoms with E-state index in [1.165, 1.54) is 10.6 Å². The Balaban J connectivity index is 1.67. The molecule has 1 aromatic heterocycles. The summed E-state index contributed by atoms with van der Waals surface area (Å²) in [6, 6.07) is 5.65. The third-order valence-electron chi connectivity index (χ3n) is 4.53. The van der Waals surface area contributed by atoms with Gasteiger partial charge in [-0.05, 0) is 47.2 Å². The minimum absolute atomic E-state index is 0.0699. The molecular weight excluding hydrogens is 509 g/mol. The molecule has 2 heterocycles. The number of nitrogen functional groups attached to an aromatic ring is 1. The summed E-state index contributed by atoms with van der Waals surface area (Å²) >= 11 is 2.13. The summed E-state index contributed by atoms with van der Waals surface area (Å²) in [5.74, 6) is -0.332. The summed E-state index contributed by atoms with van der Waals surface area (Å²) < 4.78 is 31.9. The van der Waals surface area contributed by atoms with E-state index in [0.29, 0.717) is 38.3 Å². The first kappa shape index (κ1) is 21.6. The van der Waals surface area contributed by atoms with E-state index in [1.54, 1.807) is 6.08 Å². The number of benzene rings is 1. The number of oxazole rings is 1. The molecule has 29 heavy (non-hydrogen) atoms. The molecule has 0 spiro atoms. The van der Waals surface area contributed by atoms with Gasteiger partial charge in [0.1, 0.15) is 6.26 Å². The summed E-state index contributed by atoms with van der Waals surface area (Å²) in [5.41, 5.74) is 7.05. The molecule has 2 aromatic rings. The number of halogens is 1. The van der Waals surface area contributed by atoms with Gasteiger partial charge in [0.05, 0.1) is 11.4 Å². The van der Waals surface area contributed by atoms with Gasteiger partial charge in [-0.3, -0.25) is 4.79 Å². The van der Waals surface area contributed by atoms with Crippen LogP contribution in [0.5, 0.6) is 0 Å². The third kappa shape index (κ3) is 5.28. The fourth-order valence-corrected chi connectivity index (χ4v) is 4.88. The van der Waals surface area contributed by atoms with Crippen molar-refractivity contribution in [3.05, 3.63) is 46.4 Å². The maximum absolute atomic E-state index is 12.3. The summed E-state index contributed by atoms with van der Waals surface area (Å²) in [6.07, 6.45) is 3.26. The van der Waals surface area contributed by atoms with E-state index in [-0.39, 0.29) is 17.5 Å². The minimum atomic E-state index is -3.26. The number of rotatable bonds is 7. The number of carbonyl (C=O) groups excluding carboxylic acids is 1. The quantitative estimate of drug-likeness (QED) is 0.415. The van der Waals surface area contributed by atoms with Gasteiger partial charge in [-0.15, -0.1) is 6.58 Å². The molecule has 1 saturated heterocycles. The number of nitrogens with one attached hydrogen (secondary N) is 1. The fourth-order valence-electron chi connectivity index (χ4n) is 2.97. The number of aromatic nitrogens is 1. The molecule has 9 nitrogen and oxygen atoms in total. The number of piperazine rings is 1. The molecular formula is C18H22IN5O4S. The van der Waals surface area contributed by atoms with E-state index in [2.05, 4.69) is 44.4 Å². The number of nitrogens with zero attached hydrogens (tertiary/aromatic N) is 3. The van der Waals surface area contributed by atoms with Crippen molar-refractivity contribution in [2.45, 2.75) is 6.42 Å². The predicted molar refractivity (Wildman–Crippen MR) is 120 cm³/mol. The average molecular weight is 531 g/mol. The zero-order valence-corrected chi connectivity index (χ0v) is 18.6. The fraction of sp³-hybridized carbons (Fsp3) is 0.333. The van der Waals surface area contributed by atoms with Crippen molar-refractivity contribution in [3.8, 4) is 0 Å². The Morgan fingerprint density at radius 1 is 1.34 bits per heavy atom. The van der Waals surface area contributed by atoms with Gasteiger partial charge in [-0.25, -0.2) is 8.42 Å². The highest BCUT2D eigenvalue weighted by Crippen LogP contribution is 2.27. The molecule has 3 rings (SSSR count). The number of hydrogen-bond donors (Lipinski definition) is 2. The Bertz CT molecular complexity index is 999. The van der Waals surface area contributed by atoms with E-state index in [9.17, 15) is 13.2 Å². The second-order valence-corrected chi connectivity index (χ2v) is 9.72. The number of carbonyl (C=O) groups is 1. The molecule has 1 amide bonds. The number of allylic oxidation sites excluding steroid dienone is 1. The zero-order chi connectivity index (χ0) is 21.0. The highest BCUT2D eigenvalue weighted by Gasteiger charge is 2.26. The highest BCUT2D eigenvalue weighted by molar-refractivity contribution is 14.1. The first-order valence-corrected chi connectivity index (χ1v) is 11.6. The molecule has 0 atom stereocenters. The second-order valence-electron chi connectivity index (χ2n) is 6.47. The van der Waals surface area contributed by atoms with E-state index in [1.807, 2.05) is 18.2 Å². The lowest BCUT2D eigenvalue weighted by atomic mass is 10.2. The summed E-state index contributed by atoms with van der Waals surface area (Å²) in [7, 11) is -3.26. The monoisotopic (exact) mass is 531 g/mol. The van der Waals surface area contributed by atoms with Gasteiger partial charge >= 0.3 is 0 Å². The normalized spacial score (nSPS) is 15.3. The van der Waals surface area contributed by atoms with Crippen LogP contribution >= 0.6 is 22.6 Å². The van der Waals surface area contributed by atoms with Gasteiger partial charge in [0.2, 0.25) is 10.0 Å². The molecule has 1 aromatic carbocycles. The van der Waals surface area contributed by atoms with Crippen molar-refractivity contribution in [2.75, 3.05) is 47.9 Å². The van der Waals surface area contributed by atoms with Gasteiger partial charge in [-0.2, -0.15) is 9.29 Å². The van der Waals surface area contributed by atoms with Crippen molar-refractivity contribution in [1.82, 2.24) is 9.29 Å². The second kappa shape index (κ2) is 9.13. The molecule has 0 bridgehead atoms. The van der Waals surface area contributed by atoms with Crippen molar-refractivity contribution < 1.29 is 17.6 Å². The summed E-state index contributed by atoms with van der Waals surface area (Å²) in [4.78, 5) is 18.2. The van der Waals surface area contributed by atoms with Crippen LogP contribution in [0, 0.1) is 3.57 Å². The van der Waals surface area contributed by atoms with Crippen LogP contribution in [0.25, 0.3) is 0 Å². The molecule has 0 radical (unpaired) electrons. The van der Waals surface area contributed by atoms with Crippen molar-refractivity contribution in [1.29, 1.82) is 0 Å². The molecule has 3 N–H and O–H groups in total. The Labute approximate surface area is 183 Å². The molecule has 156 valence electrons. The topological polar surface area (TPSA) is 122 Å². The summed E-state index contributed by atoms with van der Waals surface area (Å²) in [6.45, 7) is 5.56. The predicted octanol–water partition coefficient (Wildman–Crippen LogP) is 2.14. The first-order valence-electron chi connectivity index (χ1n) is 8.96. The number of anilines is 3. The largest absolute Gasteiger partial charge is 0.431 e. The number of hydrogen-bond acceptors (Lipinski definition) is 7. The van der Waals surface area contributed by atoms with Crippen molar-refractivity contribution >= 4 is 55.9 Å². The van der Waals surface area contributed by atoms with Gasteiger partial charge in [0.15, 0.2) is 5.69 Å². The lowest BCUT2D eigenvalue weighted by Gasteiger charge is -2.35. The molecule has 1 aliphatic heterocycles. The maximum Gasteiger partial charge on any atom is 0.292 e. The Kier molecular flexibility index (Phi) is 6.80. The zero-order valence-electron chi connectivity index (χ0n) is 15.7. The number of amides is 1. The van der Waals surface area contributed by atoms with Gasteiger partial charge in [-0.1, -0.05) is 6.08 Å². The Hall–Kier alpha value is -2.12. The van der Waals surface area contributed by atoms with E-state index < -0.39 is 15.9 Å². The standard InChI is InChI=1S/C18H22IN5O4S/c1-2-3-10-29(26,27)24-8-6-23(7-9-24)13-4-5-14(19)15(11-13)21-17(25)16-12-28-18(20)22-16/h2,4-5,11-12H,1,3,6-10H2,(H2,20,22)(H,21,25). The van der Waals surface area contributed by atoms with Crippen LogP contribution in [0.3, 0.4) is 0 Å². The van der Waals surface area contributed by atoms with Crippen LogP contribution in [0.4, 0.5) is 17.4 Å².